The monoisotopic (exact) mass is 472 g/mol. The van der Waals surface area contributed by atoms with Gasteiger partial charge in [0.2, 0.25) is 5.91 Å². The lowest BCUT2D eigenvalue weighted by molar-refractivity contribution is -0.127. The van der Waals surface area contributed by atoms with Crippen LogP contribution in [0, 0.1) is 0 Å². The van der Waals surface area contributed by atoms with Crippen LogP contribution in [0.25, 0.3) is 0 Å². The fraction of sp³-hybridized carbons (Fsp3) is 0.875. The third-order valence-electron chi connectivity index (χ3n) is 3.89. The van der Waals surface area contributed by atoms with E-state index in [1.807, 2.05) is 18.7 Å². The highest BCUT2D eigenvalue weighted by molar-refractivity contribution is 14.0. The molecule has 0 radical (unpaired) electrons. The number of amides is 1. The minimum Gasteiger partial charge on any atom is -0.382 e. The third-order valence-corrected chi connectivity index (χ3v) is 4.99. The van der Waals surface area contributed by atoms with Crippen LogP contribution in [0.1, 0.15) is 32.6 Å². The van der Waals surface area contributed by atoms with Crippen LogP contribution in [0.15, 0.2) is 4.99 Å². The van der Waals surface area contributed by atoms with Gasteiger partial charge in [0.25, 0.3) is 0 Å². The summed E-state index contributed by atoms with van der Waals surface area (Å²) in [6.07, 6.45) is 6.65. The molecule has 1 amide bonds. The van der Waals surface area contributed by atoms with Crippen molar-refractivity contribution in [2.75, 3.05) is 46.7 Å². The highest BCUT2D eigenvalue weighted by Crippen LogP contribution is 2.27. The molecule has 1 fully saturated rings. The van der Waals surface area contributed by atoms with Gasteiger partial charge in [0.05, 0.1) is 0 Å². The van der Waals surface area contributed by atoms with Gasteiger partial charge in [-0.3, -0.25) is 4.79 Å². The maximum atomic E-state index is 11.7. The fourth-order valence-corrected chi connectivity index (χ4v) is 3.24. The first kappa shape index (κ1) is 23.8. The molecule has 0 bridgehead atoms. The average molecular weight is 472 g/mol. The van der Waals surface area contributed by atoms with Gasteiger partial charge in [0.15, 0.2) is 5.96 Å². The molecular weight excluding hydrogens is 439 g/mol. The van der Waals surface area contributed by atoms with Crippen molar-refractivity contribution < 1.29 is 9.53 Å². The fourth-order valence-electron chi connectivity index (χ4n) is 2.44. The Hall–Kier alpha value is -0.220. The quantitative estimate of drug-likeness (QED) is 0.233. The number of thioether (sulfide) groups is 1. The molecule has 2 N–H and O–H groups in total. The summed E-state index contributed by atoms with van der Waals surface area (Å²) >= 11 is 1.93. The van der Waals surface area contributed by atoms with Crippen LogP contribution in [0.3, 0.4) is 0 Å². The van der Waals surface area contributed by atoms with Crippen molar-refractivity contribution in [2.45, 2.75) is 43.9 Å². The standard InChI is InChI=1S/C16H32N4O2S.HI/c1-5-22-10-6-9-17-16(18-12-15(21)20(2)3)19-13-7-8-14(11-13)23-4;/h13-14H,5-12H2,1-4H3,(H2,17,18,19);1H. The first-order chi connectivity index (χ1) is 11.1. The molecule has 2 atom stereocenters. The molecule has 1 saturated carbocycles. The van der Waals surface area contributed by atoms with Crippen LogP contribution >= 0.6 is 35.7 Å². The maximum Gasteiger partial charge on any atom is 0.243 e. The number of carbonyl (C=O) groups is 1. The molecule has 2 unspecified atom stereocenters. The van der Waals surface area contributed by atoms with Crippen molar-refractivity contribution in [2.24, 2.45) is 4.99 Å². The number of hydrogen-bond donors (Lipinski definition) is 2. The number of carbonyl (C=O) groups excluding carboxylic acids is 1. The zero-order chi connectivity index (χ0) is 17.1. The second-order valence-electron chi connectivity index (χ2n) is 5.94. The summed E-state index contributed by atoms with van der Waals surface area (Å²) in [5.41, 5.74) is 0. The Morgan fingerprint density at radius 2 is 2.12 bits per heavy atom. The Labute approximate surface area is 168 Å². The lowest BCUT2D eigenvalue weighted by Crippen LogP contribution is -2.43. The van der Waals surface area contributed by atoms with Crippen LogP contribution in [-0.4, -0.2) is 74.7 Å². The van der Waals surface area contributed by atoms with Crippen LogP contribution in [0.5, 0.6) is 0 Å². The smallest absolute Gasteiger partial charge is 0.243 e. The normalized spacial score (nSPS) is 20.4. The van der Waals surface area contributed by atoms with Gasteiger partial charge in [-0.1, -0.05) is 0 Å². The van der Waals surface area contributed by atoms with E-state index in [0.29, 0.717) is 6.04 Å². The molecule has 0 saturated heterocycles. The van der Waals surface area contributed by atoms with E-state index < -0.39 is 0 Å². The second-order valence-corrected chi connectivity index (χ2v) is 7.08. The Morgan fingerprint density at radius 1 is 1.38 bits per heavy atom. The van der Waals surface area contributed by atoms with Gasteiger partial charge in [-0.05, 0) is 38.9 Å². The number of hydrogen-bond acceptors (Lipinski definition) is 4. The highest BCUT2D eigenvalue weighted by Gasteiger charge is 2.24. The van der Waals surface area contributed by atoms with Gasteiger partial charge in [0, 0.05) is 45.1 Å². The number of halogens is 1. The van der Waals surface area contributed by atoms with E-state index in [9.17, 15) is 4.79 Å². The number of guanidine groups is 1. The summed E-state index contributed by atoms with van der Waals surface area (Å²) in [6.45, 7) is 4.45. The summed E-state index contributed by atoms with van der Waals surface area (Å²) in [5, 5.41) is 7.53. The third kappa shape index (κ3) is 9.93. The molecule has 6 nitrogen and oxygen atoms in total. The maximum absolute atomic E-state index is 11.7. The second kappa shape index (κ2) is 14.0. The average Bonchev–Trinajstić information content (AvgIpc) is 2.99. The number of nitrogens with one attached hydrogen (secondary N) is 2. The minimum atomic E-state index is 0. The zero-order valence-electron chi connectivity index (χ0n) is 15.3. The van der Waals surface area contributed by atoms with E-state index in [0.717, 1.165) is 50.2 Å². The van der Waals surface area contributed by atoms with E-state index in [4.69, 9.17) is 4.74 Å². The summed E-state index contributed by atoms with van der Waals surface area (Å²) < 4.78 is 5.34. The Balaban J connectivity index is 0.00000529. The molecule has 0 aromatic rings. The van der Waals surface area contributed by atoms with Crippen molar-refractivity contribution >= 4 is 47.6 Å². The summed E-state index contributed by atoms with van der Waals surface area (Å²) in [5.74, 6) is 0.747. The first-order valence-corrected chi connectivity index (χ1v) is 9.71. The molecule has 1 aliphatic rings. The van der Waals surface area contributed by atoms with E-state index in [-0.39, 0.29) is 36.4 Å². The van der Waals surface area contributed by atoms with Gasteiger partial charge in [-0.25, -0.2) is 4.99 Å². The number of aliphatic imine (C=N–C) groups is 1. The minimum absolute atomic E-state index is 0. The Bertz CT molecular complexity index is 383. The number of ether oxygens (including phenoxy) is 1. The summed E-state index contributed by atoms with van der Waals surface area (Å²) in [6, 6.07) is 0.444. The molecule has 24 heavy (non-hydrogen) atoms. The molecule has 1 aliphatic carbocycles. The van der Waals surface area contributed by atoms with Crippen LogP contribution < -0.4 is 10.6 Å². The van der Waals surface area contributed by atoms with Crippen molar-refractivity contribution in [3.63, 3.8) is 0 Å². The first-order valence-electron chi connectivity index (χ1n) is 8.42. The van der Waals surface area contributed by atoms with Crippen molar-refractivity contribution in [3.05, 3.63) is 0 Å². The summed E-state index contributed by atoms with van der Waals surface area (Å²) in [7, 11) is 3.50. The molecule has 1 rings (SSSR count). The SMILES string of the molecule is CCOCCCNC(=NCC(=O)N(C)C)NC1CCC(SC)C1.I. The van der Waals surface area contributed by atoms with E-state index in [2.05, 4.69) is 21.9 Å². The van der Waals surface area contributed by atoms with E-state index in [1.54, 1.807) is 19.0 Å². The lowest BCUT2D eigenvalue weighted by Gasteiger charge is -2.18. The van der Waals surface area contributed by atoms with Crippen molar-refractivity contribution in [3.8, 4) is 0 Å². The number of nitrogens with zero attached hydrogens (tertiary/aromatic N) is 2. The molecule has 0 spiro atoms. The molecule has 0 heterocycles. The predicted octanol–water partition coefficient (Wildman–Crippen LogP) is 1.94. The molecular formula is C16H33IN4O2S. The van der Waals surface area contributed by atoms with Gasteiger partial charge in [-0.15, -0.1) is 24.0 Å². The van der Waals surface area contributed by atoms with E-state index >= 15 is 0 Å². The van der Waals surface area contributed by atoms with E-state index in [1.165, 1.54) is 6.42 Å². The van der Waals surface area contributed by atoms with Crippen LogP contribution in [-0.2, 0) is 9.53 Å². The van der Waals surface area contributed by atoms with Crippen molar-refractivity contribution in [1.82, 2.24) is 15.5 Å². The Kier molecular flexibility index (Phi) is 13.9. The molecule has 0 aliphatic heterocycles. The molecule has 142 valence electrons. The largest absolute Gasteiger partial charge is 0.382 e. The molecule has 0 aromatic carbocycles. The van der Waals surface area contributed by atoms with Gasteiger partial charge in [0.1, 0.15) is 6.54 Å². The topological polar surface area (TPSA) is 66.0 Å². The lowest BCUT2D eigenvalue weighted by atomic mass is 10.2. The van der Waals surface area contributed by atoms with Crippen LogP contribution in [0.2, 0.25) is 0 Å². The Morgan fingerprint density at radius 3 is 2.71 bits per heavy atom. The van der Waals surface area contributed by atoms with Gasteiger partial charge >= 0.3 is 0 Å². The molecule has 0 aromatic heterocycles. The van der Waals surface area contributed by atoms with Crippen LogP contribution in [0.4, 0.5) is 0 Å². The zero-order valence-corrected chi connectivity index (χ0v) is 18.5. The predicted molar refractivity (Wildman–Crippen MR) is 114 cm³/mol. The van der Waals surface area contributed by atoms with Crippen molar-refractivity contribution in [1.29, 1.82) is 0 Å². The number of likely N-dealkylation sites (N-methyl/N-ethyl adjacent to an activating group) is 1. The summed E-state index contributed by atoms with van der Waals surface area (Å²) in [4.78, 5) is 17.7. The van der Waals surface area contributed by atoms with Gasteiger partial charge < -0.3 is 20.3 Å². The van der Waals surface area contributed by atoms with Gasteiger partial charge in [-0.2, -0.15) is 11.8 Å². The molecule has 8 heteroatoms. The highest BCUT2D eigenvalue weighted by atomic mass is 127. The number of rotatable bonds is 9.